The summed E-state index contributed by atoms with van der Waals surface area (Å²) in [7, 11) is 0. The fourth-order valence-corrected chi connectivity index (χ4v) is 3.34. The lowest BCUT2D eigenvalue weighted by atomic mass is 9.81. The zero-order valence-corrected chi connectivity index (χ0v) is 12.3. The van der Waals surface area contributed by atoms with Gasteiger partial charge in [-0.1, -0.05) is 37.8 Å². The maximum absolute atomic E-state index is 13.9. The molecule has 1 atom stereocenters. The largest absolute Gasteiger partial charge is 0.314 e. The van der Waals surface area contributed by atoms with Crippen molar-refractivity contribution in [1.29, 1.82) is 0 Å². The molecule has 0 aliphatic heterocycles. The Kier molecular flexibility index (Phi) is 5.65. The minimum Gasteiger partial charge on any atom is -0.314 e. The van der Waals surface area contributed by atoms with Crippen LogP contribution in [0.5, 0.6) is 0 Å². The van der Waals surface area contributed by atoms with Crippen LogP contribution in [-0.2, 0) is 6.42 Å². The van der Waals surface area contributed by atoms with Crippen molar-refractivity contribution < 1.29 is 4.39 Å². The van der Waals surface area contributed by atoms with Gasteiger partial charge in [-0.2, -0.15) is 0 Å². The Hall–Kier alpha value is -0.600. The molecular weight excluding hydrogens is 261 g/mol. The van der Waals surface area contributed by atoms with Gasteiger partial charge in [0.2, 0.25) is 0 Å². The van der Waals surface area contributed by atoms with Gasteiger partial charge < -0.3 is 5.32 Å². The molecule has 0 amide bonds. The van der Waals surface area contributed by atoms with Crippen molar-refractivity contribution >= 4 is 11.6 Å². The first-order valence-electron chi connectivity index (χ1n) is 7.38. The third-order valence-corrected chi connectivity index (χ3v) is 4.37. The molecule has 0 saturated heterocycles. The van der Waals surface area contributed by atoms with Crippen molar-refractivity contribution in [2.24, 2.45) is 5.92 Å². The van der Waals surface area contributed by atoms with E-state index in [9.17, 15) is 4.39 Å². The van der Waals surface area contributed by atoms with Crippen LogP contribution < -0.4 is 5.32 Å². The highest BCUT2D eigenvalue weighted by molar-refractivity contribution is 6.30. The van der Waals surface area contributed by atoms with Crippen LogP contribution in [0.15, 0.2) is 18.2 Å². The third kappa shape index (κ3) is 4.19. The van der Waals surface area contributed by atoms with Gasteiger partial charge in [0.05, 0.1) is 0 Å². The Balaban J connectivity index is 2.08. The first-order chi connectivity index (χ1) is 9.20. The molecule has 3 heteroatoms. The first kappa shape index (κ1) is 14.8. The highest BCUT2D eigenvalue weighted by atomic mass is 35.5. The summed E-state index contributed by atoms with van der Waals surface area (Å²) >= 11 is 5.98. The van der Waals surface area contributed by atoms with Gasteiger partial charge in [-0.25, -0.2) is 4.39 Å². The number of hydrogen-bond acceptors (Lipinski definition) is 1. The predicted octanol–water partition coefficient (Wildman–Crippen LogP) is 4.58. The molecule has 1 saturated carbocycles. The maximum atomic E-state index is 13.9. The normalized spacial score (nSPS) is 18.5. The zero-order valence-electron chi connectivity index (χ0n) is 11.6. The molecule has 1 aliphatic rings. The monoisotopic (exact) mass is 283 g/mol. The summed E-state index contributed by atoms with van der Waals surface area (Å²) in [5.41, 5.74) is 0.740. The van der Waals surface area contributed by atoms with Crippen molar-refractivity contribution in [2.45, 2.75) is 51.5 Å². The van der Waals surface area contributed by atoms with Gasteiger partial charge in [-0.05, 0) is 55.5 Å². The van der Waals surface area contributed by atoms with Crippen molar-refractivity contribution in [2.75, 3.05) is 6.54 Å². The van der Waals surface area contributed by atoms with Crippen LogP contribution in [0.4, 0.5) is 4.39 Å². The molecule has 106 valence electrons. The van der Waals surface area contributed by atoms with E-state index in [1.54, 1.807) is 12.1 Å². The molecule has 1 aromatic rings. The minimum absolute atomic E-state index is 0.136. The second kappa shape index (κ2) is 7.25. The Morgan fingerprint density at radius 1 is 1.32 bits per heavy atom. The molecule has 2 rings (SSSR count). The highest BCUT2D eigenvalue weighted by Gasteiger charge is 2.24. The lowest BCUT2D eigenvalue weighted by Crippen LogP contribution is -2.39. The number of rotatable bonds is 5. The van der Waals surface area contributed by atoms with Crippen LogP contribution in [0.3, 0.4) is 0 Å². The summed E-state index contributed by atoms with van der Waals surface area (Å²) < 4.78 is 13.9. The standard InChI is InChI=1S/C16H23ClFN/c1-2-19-16(12-6-4-3-5-7-12)11-13-10-14(17)8-9-15(13)18/h8-10,12,16,19H,2-7,11H2,1H3. The summed E-state index contributed by atoms with van der Waals surface area (Å²) in [5.74, 6) is 0.537. The molecule has 19 heavy (non-hydrogen) atoms. The number of nitrogens with one attached hydrogen (secondary N) is 1. The van der Waals surface area contributed by atoms with Gasteiger partial charge in [-0.15, -0.1) is 0 Å². The molecule has 0 aromatic heterocycles. The lowest BCUT2D eigenvalue weighted by Gasteiger charge is -2.31. The number of likely N-dealkylation sites (N-methyl/N-ethyl adjacent to an activating group) is 1. The van der Waals surface area contributed by atoms with Gasteiger partial charge in [0.25, 0.3) is 0 Å². The van der Waals surface area contributed by atoms with Crippen molar-refractivity contribution in [3.8, 4) is 0 Å². The fraction of sp³-hybridized carbons (Fsp3) is 0.625. The summed E-state index contributed by atoms with van der Waals surface area (Å²) in [4.78, 5) is 0. The molecule has 1 unspecified atom stereocenters. The molecule has 0 radical (unpaired) electrons. The lowest BCUT2D eigenvalue weighted by molar-refractivity contribution is 0.268. The highest BCUT2D eigenvalue weighted by Crippen LogP contribution is 2.29. The summed E-state index contributed by atoms with van der Waals surface area (Å²) in [6, 6.07) is 5.23. The quantitative estimate of drug-likeness (QED) is 0.834. The van der Waals surface area contributed by atoms with Gasteiger partial charge in [0, 0.05) is 11.1 Å². The summed E-state index contributed by atoms with van der Waals surface area (Å²) in [6.07, 6.45) is 7.24. The van der Waals surface area contributed by atoms with E-state index in [1.807, 2.05) is 0 Å². The number of halogens is 2. The maximum Gasteiger partial charge on any atom is 0.126 e. The van der Waals surface area contributed by atoms with Crippen LogP contribution in [0.1, 0.15) is 44.6 Å². The van der Waals surface area contributed by atoms with Crippen LogP contribution in [0.2, 0.25) is 5.02 Å². The Morgan fingerprint density at radius 2 is 2.05 bits per heavy atom. The Bertz CT molecular complexity index is 402. The second-order valence-electron chi connectivity index (χ2n) is 5.50. The molecule has 1 fully saturated rings. The SMILES string of the molecule is CCNC(Cc1cc(Cl)ccc1F)C1CCCCC1. The van der Waals surface area contributed by atoms with Gasteiger partial charge in [0.15, 0.2) is 0 Å². The van der Waals surface area contributed by atoms with Crippen LogP contribution in [0.25, 0.3) is 0 Å². The van der Waals surface area contributed by atoms with Crippen LogP contribution in [0, 0.1) is 11.7 Å². The Morgan fingerprint density at radius 3 is 2.74 bits per heavy atom. The summed E-state index contributed by atoms with van der Waals surface area (Å²) in [5, 5.41) is 4.16. The van der Waals surface area contributed by atoms with Gasteiger partial charge in [-0.3, -0.25) is 0 Å². The molecule has 1 aromatic carbocycles. The fourth-order valence-electron chi connectivity index (χ4n) is 3.14. The van der Waals surface area contributed by atoms with E-state index in [1.165, 1.54) is 38.2 Å². The van der Waals surface area contributed by atoms with E-state index < -0.39 is 0 Å². The van der Waals surface area contributed by atoms with Crippen molar-refractivity contribution in [3.63, 3.8) is 0 Å². The molecule has 0 spiro atoms. The Labute approximate surface area is 120 Å². The number of benzene rings is 1. The second-order valence-corrected chi connectivity index (χ2v) is 5.94. The molecule has 1 nitrogen and oxygen atoms in total. The molecule has 1 aliphatic carbocycles. The van der Waals surface area contributed by atoms with Crippen LogP contribution >= 0.6 is 11.6 Å². The summed E-state index contributed by atoms with van der Waals surface area (Å²) in [6.45, 7) is 3.05. The first-order valence-corrected chi connectivity index (χ1v) is 7.75. The zero-order chi connectivity index (χ0) is 13.7. The minimum atomic E-state index is -0.136. The van der Waals surface area contributed by atoms with E-state index in [0.29, 0.717) is 17.0 Å². The van der Waals surface area contributed by atoms with E-state index in [-0.39, 0.29) is 5.82 Å². The van der Waals surface area contributed by atoms with E-state index in [0.717, 1.165) is 18.5 Å². The topological polar surface area (TPSA) is 12.0 Å². The average molecular weight is 284 g/mol. The van der Waals surface area contributed by atoms with E-state index >= 15 is 0 Å². The molecular formula is C16H23ClFN. The average Bonchev–Trinajstić information content (AvgIpc) is 2.43. The molecule has 0 bridgehead atoms. The smallest absolute Gasteiger partial charge is 0.126 e. The van der Waals surface area contributed by atoms with Crippen LogP contribution in [-0.4, -0.2) is 12.6 Å². The van der Waals surface area contributed by atoms with Crippen molar-refractivity contribution in [1.82, 2.24) is 5.32 Å². The number of hydrogen-bond donors (Lipinski definition) is 1. The molecule has 1 N–H and O–H groups in total. The van der Waals surface area contributed by atoms with Gasteiger partial charge in [0.1, 0.15) is 5.82 Å². The van der Waals surface area contributed by atoms with E-state index in [4.69, 9.17) is 11.6 Å². The predicted molar refractivity (Wildman–Crippen MR) is 79.2 cm³/mol. The third-order valence-electron chi connectivity index (χ3n) is 4.13. The van der Waals surface area contributed by atoms with E-state index in [2.05, 4.69) is 12.2 Å². The van der Waals surface area contributed by atoms with Gasteiger partial charge >= 0.3 is 0 Å². The molecule has 0 heterocycles. The van der Waals surface area contributed by atoms with Crippen molar-refractivity contribution in [3.05, 3.63) is 34.6 Å².